The topological polar surface area (TPSA) is 82.4 Å². The Morgan fingerprint density at radius 1 is 1.19 bits per heavy atom. The van der Waals surface area contributed by atoms with Gasteiger partial charge in [-0.1, -0.05) is 36.4 Å². The molecular weight excluding hydrogens is 394 g/mol. The second kappa shape index (κ2) is 10.2. The van der Waals surface area contributed by atoms with Gasteiger partial charge in [-0.3, -0.25) is 9.48 Å². The van der Waals surface area contributed by atoms with E-state index < -0.39 is 18.0 Å². The molecule has 0 saturated carbocycles. The molecule has 0 unspecified atom stereocenters. The van der Waals surface area contributed by atoms with Gasteiger partial charge < -0.3 is 14.8 Å². The predicted molar refractivity (Wildman–Crippen MR) is 119 cm³/mol. The average molecular weight is 419 g/mol. The van der Waals surface area contributed by atoms with Crippen LogP contribution in [0.15, 0.2) is 67.0 Å². The first-order valence-electron chi connectivity index (χ1n) is 9.85. The van der Waals surface area contributed by atoms with E-state index in [0.29, 0.717) is 18.0 Å². The normalized spacial score (nSPS) is 11.8. The molecule has 1 heterocycles. The monoisotopic (exact) mass is 419 g/mol. The van der Waals surface area contributed by atoms with Gasteiger partial charge in [0.1, 0.15) is 5.75 Å². The molecule has 0 aliphatic carbocycles. The summed E-state index contributed by atoms with van der Waals surface area (Å²) in [5.41, 5.74) is 3.38. The van der Waals surface area contributed by atoms with Crippen LogP contribution in [0.1, 0.15) is 23.6 Å². The molecule has 1 atom stereocenters. The lowest BCUT2D eigenvalue weighted by Gasteiger charge is -2.15. The Hall–Kier alpha value is -3.87. The zero-order valence-corrected chi connectivity index (χ0v) is 17.7. The van der Waals surface area contributed by atoms with Crippen molar-refractivity contribution in [3.63, 3.8) is 0 Å². The molecule has 1 amide bonds. The van der Waals surface area contributed by atoms with Crippen molar-refractivity contribution in [3.05, 3.63) is 83.7 Å². The van der Waals surface area contributed by atoms with Crippen LogP contribution in [-0.2, 0) is 20.9 Å². The molecule has 0 aliphatic heterocycles. The van der Waals surface area contributed by atoms with Gasteiger partial charge in [0.2, 0.25) is 0 Å². The number of amides is 1. The lowest BCUT2D eigenvalue weighted by molar-refractivity contribution is -0.148. The maximum Gasteiger partial charge on any atom is 0.331 e. The maximum absolute atomic E-state index is 12.4. The third-order valence-electron chi connectivity index (χ3n) is 4.53. The van der Waals surface area contributed by atoms with Crippen LogP contribution in [0.3, 0.4) is 0 Å². The smallest absolute Gasteiger partial charge is 0.331 e. The van der Waals surface area contributed by atoms with Crippen molar-refractivity contribution >= 4 is 23.6 Å². The molecule has 1 aromatic heterocycles. The number of nitrogens with one attached hydrogen (secondary N) is 1. The maximum atomic E-state index is 12.4. The molecule has 31 heavy (non-hydrogen) atoms. The van der Waals surface area contributed by atoms with Crippen molar-refractivity contribution in [2.45, 2.75) is 26.5 Å². The zero-order chi connectivity index (χ0) is 22.2. The van der Waals surface area contributed by atoms with Gasteiger partial charge in [-0.2, -0.15) is 5.10 Å². The Kier molecular flexibility index (Phi) is 7.22. The van der Waals surface area contributed by atoms with E-state index in [1.54, 1.807) is 29.1 Å². The van der Waals surface area contributed by atoms with Gasteiger partial charge in [-0.25, -0.2) is 4.79 Å². The minimum Gasteiger partial charge on any atom is -0.495 e. The van der Waals surface area contributed by atoms with Crippen LogP contribution in [0.5, 0.6) is 5.75 Å². The highest BCUT2D eigenvalue weighted by molar-refractivity contribution is 5.97. The highest BCUT2D eigenvalue weighted by atomic mass is 16.5. The van der Waals surface area contributed by atoms with Gasteiger partial charge >= 0.3 is 5.97 Å². The van der Waals surface area contributed by atoms with Gasteiger partial charge in [0, 0.05) is 17.8 Å². The molecule has 1 N–H and O–H groups in total. The van der Waals surface area contributed by atoms with Gasteiger partial charge in [-0.15, -0.1) is 0 Å². The number of aryl methyl sites for hydroxylation is 1. The summed E-state index contributed by atoms with van der Waals surface area (Å²) in [5.74, 6) is -0.527. The van der Waals surface area contributed by atoms with Crippen LogP contribution in [0.2, 0.25) is 0 Å². The van der Waals surface area contributed by atoms with E-state index >= 15 is 0 Å². The number of benzene rings is 2. The fourth-order valence-electron chi connectivity index (χ4n) is 2.91. The van der Waals surface area contributed by atoms with E-state index in [2.05, 4.69) is 10.4 Å². The first-order chi connectivity index (χ1) is 14.9. The minimum atomic E-state index is -0.969. The number of nitrogens with zero attached hydrogens (tertiary/aromatic N) is 2. The van der Waals surface area contributed by atoms with Gasteiger partial charge in [0.05, 0.1) is 25.5 Å². The van der Waals surface area contributed by atoms with Gasteiger partial charge in [0.25, 0.3) is 5.91 Å². The number of anilines is 1. The Morgan fingerprint density at radius 3 is 2.71 bits per heavy atom. The van der Waals surface area contributed by atoms with Crippen LogP contribution >= 0.6 is 0 Å². The molecule has 0 radical (unpaired) electrons. The second-order valence-corrected chi connectivity index (χ2v) is 7.06. The Morgan fingerprint density at radius 2 is 1.97 bits per heavy atom. The summed E-state index contributed by atoms with van der Waals surface area (Å²) in [5, 5.41) is 7.02. The van der Waals surface area contributed by atoms with Crippen LogP contribution in [-0.4, -0.2) is 34.9 Å². The lowest BCUT2D eigenvalue weighted by atomic mass is 10.2. The molecule has 160 valence electrons. The fourth-order valence-corrected chi connectivity index (χ4v) is 2.91. The summed E-state index contributed by atoms with van der Waals surface area (Å²) in [6, 6.07) is 15.4. The first kappa shape index (κ1) is 21.8. The first-order valence-corrected chi connectivity index (χ1v) is 9.85. The van der Waals surface area contributed by atoms with Crippen LogP contribution in [0.4, 0.5) is 5.69 Å². The summed E-state index contributed by atoms with van der Waals surface area (Å²) >= 11 is 0. The van der Waals surface area contributed by atoms with Crippen molar-refractivity contribution in [1.29, 1.82) is 0 Å². The van der Waals surface area contributed by atoms with Gasteiger partial charge in [0.15, 0.2) is 6.10 Å². The Balaban J connectivity index is 1.53. The van der Waals surface area contributed by atoms with Crippen molar-refractivity contribution in [2.75, 3.05) is 12.4 Å². The van der Waals surface area contributed by atoms with Crippen LogP contribution < -0.4 is 10.1 Å². The summed E-state index contributed by atoms with van der Waals surface area (Å²) in [4.78, 5) is 24.5. The molecule has 0 fully saturated rings. The van der Waals surface area contributed by atoms with E-state index in [4.69, 9.17) is 9.47 Å². The second-order valence-electron chi connectivity index (χ2n) is 7.06. The van der Waals surface area contributed by atoms with Crippen molar-refractivity contribution in [2.24, 2.45) is 0 Å². The van der Waals surface area contributed by atoms with E-state index in [1.165, 1.54) is 20.1 Å². The number of carbonyl (C=O) groups excluding carboxylic acids is 2. The molecule has 0 saturated heterocycles. The number of hydrogen-bond donors (Lipinski definition) is 1. The van der Waals surface area contributed by atoms with Crippen molar-refractivity contribution in [1.82, 2.24) is 9.78 Å². The fraction of sp³-hybridized carbons (Fsp3) is 0.208. The molecule has 3 aromatic rings. The third-order valence-corrected chi connectivity index (χ3v) is 4.53. The summed E-state index contributed by atoms with van der Waals surface area (Å²) < 4.78 is 12.2. The largest absolute Gasteiger partial charge is 0.495 e. The van der Waals surface area contributed by atoms with Crippen LogP contribution in [0, 0.1) is 6.92 Å². The number of rotatable bonds is 8. The standard InChI is InChI=1S/C24H25N3O4/c1-17-9-11-22(30-3)21(13-17)26-24(29)18(2)31-23(28)12-10-20-14-25-27(16-20)15-19-7-5-4-6-8-19/h4-14,16,18H,15H2,1-3H3,(H,26,29)/b12-10+/t18-/m1/s1. The SMILES string of the molecule is COc1ccc(C)cc1NC(=O)[C@@H](C)OC(=O)/C=C/c1cnn(Cc2ccccc2)c1. The van der Waals surface area contributed by atoms with Crippen molar-refractivity contribution < 1.29 is 19.1 Å². The molecule has 0 spiro atoms. The van der Waals surface area contributed by atoms with Gasteiger partial charge in [-0.05, 0) is 43.2 Å². The number of carbonyl (C=O) groups is 2. The Bertz CT molecular complexity index is 1070. The predicted octanol–water partition coefficient (Wildman–Crippen LogP) is 3.83. The summed E-state index contributed by atoms with van der Waals surface area (Å²) in [6.45, 7) is 4.06. The quantitative estimate of drug-likeness (QED) is 0.443. The number of ether oxygens (including phenoxy) is 2. The number of aromatic nitrogens is 2. The molecule has 7 heteroatoms. The van der Waals surface area contributed by atoms with E-state index in [1.807, 2.05) is 49.5 Å². The summed E-state index contributed by atoms with van der Waals surface area (Å²) in [6.07, 6.45) is 5.40. The highest BCUT2D eigenvalue weighted by Crippen LogP contribution is 2.25. The third kappa shape index (κ3) is 6.30. The molecular formula is C24H25N3O4. The molecule has 3 rings (SSSR count). The molecule has 0 aliphatic rings. The van der Waals surface area contributed by atoms with Crippen LogP contribution in [0.25, 0.3) is 6.08 Å². The van der Waals surface area contributed by atoms with E-state index in [0.717, 1.165) is 16.7 Å². The zero-order valence-electron chi connectivity index (χ0n) is 17.7. The summed E-state index contributed by atoms with van der Waals surface area (Å²) in [7, 11) is 1.52. The molecule has 7 nitrogen and oxygen atoms in total. The minimum absolute atomic E-state index is 0.443. The number of esters is 1. The number of hydrogen-bond acceptors (Lipinski definition) is 5. The van der Waals surface area contributed by atoms with Crippen molar-refractivity contribution in [3.8, 4) is 5.75 Å². The molecule has 0 bridgehead atoms. The lowest BCUT2D eigenvalue weighted by Crippen LogP contribution is -2.29. The number of methoxy groups -OCH3 is 1. The Labute approximate surface area is 181 Å². The average Bonchev–Trinajstić information content (AvgIpc) is 3.20. The highest BCUT2D eigenvalue weighted by Gasteiger charge is 2.18. The van der Waals surface area contributed by atoms with E-state index in [9.17, 15) is 9.59 Å². The van der Waals surface area contributed by atoms with E-state index in [-0.39, 0.29) is 0 Å². The molecule has 2 aromatic carbocycles.